The number of aromatic nitrogens is 1. The van der Waals surface area contributed by atoms with E-state index in [0.29, 0.717) is 17.2 Å². The Labute approximate surface area is 116 Å². The van der Waals surface area contributed by atoms with Crippen molar-refractivity contribution in [2.75, 3.05) is 14.2 Å². The molecule has 1 aromatic carbocycles. The van der Waals surface area contributed by atoms with Crippen LogP contribution in [-0.4, -0.2) is 18.8 Å². The number of nitrogens with zero attached hydrogens (tertiary/aromatic N) is 2. The van der Waals surface area contributed by atoms with Gasteiger partial charge in [-0.1, -0.05) is 0 Å². The summed E-state index contributed by atoms with van der Waals surface area (Å²) >= 11 is 0. The van der Waals surface area contributed by atoms with Gasteiger partial charge in [-0.25, -0.2) is 0 Å². The van der Waals surface area contributed by atoms with Crippen LogP contribution in [0.25, 0.3) is 11.3 Å². The van der Waals surface area contributed by atoms with Gasteiger partial charge < -0.3 is 14.0 Å². The smallest absolute Gasteiger partial charge is 0.268 e. The molecule has 0 aliphatic rings. The van der Waals surface area contributed by atoms with Crippen LogP contribution in [0.2, 0.25) is 0 Å². The number of benzene rings is 1. The second kappa shape index (κ2) is 5.49. The third-order valence-electron chi connectivity index (χ3n) is 3.11. The van der Waals surface area contributed by atoms with Crippen LogP contribution in [0.15, 0.2) is 35.1 Å². The van der Waals surface area contributed by atoms with Gasteiger partial charge in [0.15, 0.2) is 0 Å². The van der Waals surface area contributed by atoms with Crippen LogP contribution < -0.4 is 15.0 Å². The summed E-state index contributed by atoms with van der Waals surface area (Å²) in [5, 5.41) is 8.88. The number of hydrogen-bond donors (Lipinski definition) is 0. The van der Waals surface area contributed by atoms with E-state index < -0.39 is 0 Å². The maximum atomic E-state index is 12.0. The van der Waals surface area contributed by atoms with E-state index in [1.54, 1.807) is 45.5 Å². The zero-order valence-electron chi connectivity index (χ0n) is 11.5. The van der Waals surface area contributed by atoms with Crippen LogP contribution in [0.1, 0.15) is 5.56 Å². The first kappa shape index (κ1) is 13.7. The predicted molar refractivity (Wildman–Crippen MR) is 74.9 cm³/mol. The highest BCUT2D eigenvalue weighted by Crippen LogP contribution is 2.32. The quantitative estimate of drug-likeness (QED) is 0.855. The summed E-state index contributed by atoms with van der Waals surface area (Å²) in [5.41, 5.74) is 1.16. The van der Waals surface area contributed by atoms with Gasteiger partial charge >= 0.3 is 0 Å². The Morgan fingerprint density at radius 1 is 1.15 bits per heavy atom. The van der Waals surface area contributed by atoms with E-state index >= 15 is 0 Å². The Morgan fingerprint density at radius 3 is 2.50 bits per heavy atom. The third kappa shape index (κ3) is 2.24. The second-order valence-electron chi connectivity index (χ2n) is 4.17. The van der Waals surface area contributed by atoms with E-state index in [2.05, 4.69) is 0 Å². The van der Waals surface area contributed by atoms with Gasteiger partial charge in [-0.05, 0) is 30.3 Å². The molecule has 5 heteroatoms. The van der Waals surface area contributed by atoms with E-state index in [1.165, 1.54) is 10.6 Å². The van der Waals surface area contributed by atoms with Gasteiger partial charge in [0.05, 0.1) is 19.9 Å². The minimum absolute atomic E-state index is 0.109. The van der Waals surface area contributed by atoms with Gasteiger partial charge in [0.25, 0.3) is 5.56 Å². The van der Waals surface area contributed by atoms with E-state index in [9.17, 15) is 4.79 Å². The molecule has 2 aromatic rings. The molecule has 1 heterocycles. The number of methoxy groups -OCH3 is 2. The fraction of sp³-hybridized carbons (Fsp3) is 0.200. The topological polar surface area (TPSA) is 64.2 Å². The first-order valence-electron chi connectivity index (χ1n) is 5.95. The highest BCUT2D eigenvalue weighted by atomic mass is 16.5. The van der Waals surface area contributed by atoms with E-state index in [-0.39, 0.29) is 11.1 Å². The average molecular weight is 270 g/mol. The zero-order valence-corrected chi connectivity index (χ0v) is 11.5. The van der Waals surface area contributed by atoms with Crippen LogP contribution in [0.5, 0.6) is 11.5 Å². The summed E-state index contributed by atoms with van der Waals surface area (Å²) in [7, 11) is 4.76. The molecular formula is C15H14N2O3. The van der Waals surface area contributed by atoms with Crippen molar-refractivity contribution in [3.8, 4) is 28.8 Å². The van der Waals surface area contributed by atoms with Gasteiger partial charge in [0, 0.05) is 12.6 Å². The van der Waals surface area contributed by atoms with Gasteiger partial charge in [-0.2, -0.15) is 5.26 Å². The molecule has 0 amide bonds. The standard InChI is InChI=1S/C15H14N2O3/c1-17-13(6-4-10(9-16)15(17)18)12-8-11(19-2)5-7-14(12)20-3/h4-8H,1-3H3. The van der Waals surface area contributed by atoms with Crippen molar-refractivity contribution in [2.45, 2.75) is 0 Å². The molecule has 0 bridgehead atoms. The molecule has 1 aromatic heterocycles. The highest BCUT2D eigenvalue weighted by molar-refractivity contribution is 5.69. The number of ether oxygens (including phenoxy) is 2. The maximum absolute atomic E-state index is 12.0. The van der Waals surface area contributed by atoms with Crippen molar-refractivity contribution in [1.82, 2.24) is 4.57 Å². The lowest BCUT2D eigenvalue weighted by Gasteiger charge is -2.13. The van der Waals surface area contributed by atoms with Crippen molar-refractivity contribution < 1.29 is 9.47 Å². The lowest BCUT2D eigenvalue weighted by Crippen LogP contribution is -2.20. The van der Waals surface area contributed by atoms with Crippen LogP contribution in [0.3, 0.4) is 0 Å². The molecule has 0 aliphatic carbocycles. The average Bonchev–Trinajstić information content (AvgIpc) is 2.49. The molecule has 0 unspecified atom stereocenters. The molecule has 0 atom stereocenters. The molecule has 0 radical (unpaired) electrons. The van der Waals surface area contributed by atoms with E-state index in [1.807, 2.05) is 6.07 Å². The molecule has 0 fully saturated rings. The van der Waals surface area contributed by atoms with Crippen molar-refractivity contribution in [3.63, 3.8) is 0 Å². The van der Waals surface area contributed by atoms with Crippen molar-refractivity contribution in [3.05, 3.63) is 46.2 Å². The SMILES string of the molecule is COc1ccc(OC)c(-c2ccc(C#N)c(=O)n2C)c1. The minimum Gasteiger partial charge on any atom is -0.497 e. The summed E-state index contributed by atoms with van der Waals surface area (Å²) in [6, 6.07) is 10.5. The predicted octanol–water partition coefficient (Wildman–Crippen LogP) is 1.94. The Kier molecular flexibility index (Phi) is 3.76. The molecule has 0 spiro atoms. The lowest BCUT2D eigenvalue weighted by atomic mass is 10.1. The maximum Gasteiger partial charge on any atom is 0.268 e. The third-order valence-corrected chi connectivity index (χ3v) is 3.11. The Bertz CT molecular complexity index is 742. The number of rotatable bonds is 3. The molecule has 20 heavy (non-hydrogen) atoms. The summed E-state index contributed by atoms with van der Waals surface area (Å²) < 4.78 is 11.9. The van der Waals surface area contributed by atoms with Gasteiger partial charge in [0.2, 0.25) is 0 Å². The summed E-state index contributed by atoms with van der Waals surface area (Å²) in [6.07, 6.45) is 0. The zero-order chi connectivity index (χ0) is 14.7. The molecular weight excluding hydrogens is 256 g/mol. The normalized spacial score (nSPS) is 9.90. The monoisotopic (exact) mass is 270 g/mol. The molecule has 0 N–H and O–H groups in total. The summed E-state index contributed by atoms with van der Waals surface area (Å²) in [5.74, 6) is 1.29. The van der Waals surface area contributed by atoms with Crippen molar-refractivity contribution >= 4 is 0 Å². The number of nitriles is 1. The molecule has 0 saturated heterocycles. The van der Waals surface area contributed by atoms with Crippen LogP contribution >= 0.6 is 0 Å². The molecule has 102 valence electrons. The fourth-order valence-electron chi connectivity index (χ4n) is 2.01. The Balaban J connectivity index is 2.71. The summed E-state index contributed by atoms with van der Waals surface area (Å²) in [6.45, 7) is 0. The minimum atomic E-state index is -0.338. The second-order valence-corrected chi connectivity index (χ2v) is 4.17. The van der Waals surface area contributed by atoms with E-state index in [4.69, 9.17) is 14.7 Å². The first-order valence-corrected chi connectivity index (χ1v) is 5.95. The number of pyridine rings is 1. The Hall–Kier alpha value is -2.74. The van der Waals surface area contributed by atoms with Gasteiger partial charge in [-0.3, -0.25) is 4.79 Å². The van der Waals surface area contributed by atoms with Crippen LogP contribution in [0, 0.1) is 11.3 Å². The molecule has 0 saturated carbocycles. The van der Waals surface area contributed by atoms with Crippen LogP contribution in [-0.2, 0) is 7.05 Å². The molecule has 2 rings (SSSR count). The highest BCUT2D eigenvalue weighted by Gasteiger charge is 2.12. The molecule has 0 aliphatic heterocycles. The first-order chi connectivity index (χ1) is 9.62. The van der Waals surface area contributed by atoms with Gasteiger partial charge in [0.1, 0.15) is 23.1 Å². The summed E-state index contributed by atoms with van der Waals surface area (Å²) in [4.78, 5) is 12.0. The largest absolute Gasteiger partial charge is 0.497 e. The lowest BCUT2D eigenvalue weighted by molar-refractivity contribution is 0.404. The number of hydrogen-bond acceptors (Lipinski definition) is 4. The van der Waals surface area contributed by atoms with Gasteiger partial charge in [-0.15, -0.1) is 0 Å². The Morgan fingerprint density at radius 2 is 1.90 bits per heavy atom. The fourth-order valence-corrected chi connectivity index (χ4v) is 2.01. The van der Waals surface area contributed by atoms with E-state index in [0.717, 1.165) is 5.56 Å². The van der Waals surface area contributed by atoms with Crippen molar-refractivity contribution in [2.24, 2.45) is 7.05 Å². The van der Waals surface area contributed by atoms with Crippen molar-refractivity contribution in [1.29, 1.82) is 5.26 Å². The van der Waals surface area contributed by atoms with Crippen LogP contribution in [0.4, 0.5) is 0 Å². The molecule has 5 nitrogen and oxygen atoms in total.